The molecule has 84 valence electrons. The summed E-state index contributed by atoms with van der Waals surface area (Å²) in [4.78, 5) is 0. The third-order valence-electron chi connectivity index (χ3n) is 2.84. The van der Waals surface area contributed by atoms with Crippen molar-refractivity contribution in [3.05, 3.63) is 29.3 Å². The Morgan fingerprint density at radius 3 is 2.67 bits per heavy atom. The van der Waals surface area contributed by atoms with Gasteiger partial charge in [-0.15, -0.1) is 0 Å². The zero-order chi connectivity index (χ0) is 11.3. The predicted octanol–water partition coefficient (Wildman–Crippen LogP) is 2.71. The van der Waals surface area contributed by atoms with Crippen molar-refractivity contribution in [3.63, 3.8) is 0 Å². The van der Waals surface area contributed by atoms with Gasteiger partial charge in [-0.25, -0.2) is 0 Å². The normalized spacial score (nSPS) is 12.5. The van der Waals surface area contributed by atoms with Crippen molar-refractivity contribution in [3.8, 4) is 5.75 Å². The van der Waals surface area contributed by atoms with Crippen LogP contribution in [-0.4, -0.2) is 13.7 Å². The van der Waals surface area contributed by atoms with Gasteiger partial charge in [-0.2, -0.15) is 0 Å². The summed E-state index contributed by atoms with van der Waals surface area (Å²) in [6.07, 6.45) is 2.01. The molecule has 2 nitrogen and oxygen atoms in total. The van der Waals surface area contributed by atoms with Gasteiger partial charge in [0.15, 0.2) is 0 Å². The van der Waals surface area contributed by atoms with Gasteiger partial charge in [0, 0.05) is 0 Å². The van der Waals surface area contributed by atoms with Crippen molar-refractivity contribution in [2.75, 3.05) is 13.7 Å². The quantitative estimate of drug-likeness (QED) is 0.805. The Kier molecular flexibility index (Phi) is 4.63. The summed E-state index contributed by atoms with van der Waals surface area (Å²) < 4.78 is 5.49. The van der Waals surface area contributed by atoms with Gasteiger partial charge in [-0.1, -0.05) is 32.0 Å². The van der Waals surface area contributed by atoms with Gasteiger partial charge in [0.25, 0.3) is 0 Å². The first kappa shape index (κ1) is 12.1. The first-order valence-corrected chi connectivity index (χ1v) is 5.60. The summed E-state index contributed by atoms with van der Waals surface area (Å²) in [6.45, 7) is 5.07. The minimum absolute atomic E-state index is 0.469. The summed E-state index contributed by atoms with van der Waals surface area (Å²) >= 11 is 0. The molecule has 1 rings (SSSR count). The van der Waals surface area contributed by atoms with Crippen LogP contribution >= 0.6 is 0 Å². The molecule has 1 atom stereocenters. The smallest absolute Gasteiger partial charge is 0.125 e. The molecule has 1 aromatic carbocycles. The second-order valence-corrected chi connectivity index (χ2v) is 3.87. The van der Waals surface area contributed by atoms with E-state index in [9.17, 15) is 0 Å². The van der Waals surface area contributed by atoms with Crippen molar-refractivity contribution < 1.29 is 4.74 Å². The number of ether oxygens (including phenoxy) is 1. The van der Waals surface area contributed by atoms with Gasteiger partial charge < -0.3 is 10.5 Å². The van der Waals surface area contributed by atoms with Crippen molar-refractivity contribution in [2.24, 2.45) is 5.73 Å². The Hall–Kier alpha value is -1.02. The van der Waals surface area contributed by atoms with Gasteiger partial charge >= 0.3 is 0 Å². The standard InChI is InChI=1S/C13H21NO/c1-4-11-6-5-7-12(13(11)15-3)10(2)8-9-14/h5-7,10H,4,8-9,14H2,1-3H3. The molecule has 15 heavy (non-hydrogen) atoms. The summed E-state index contributed by atoms with van der Waals surface area (Å²) in [5.41, 5.74) is 8.14. The van der Waals surface area contributed by atoms with Gasteiger partial charge in [-0.3, -0.25) is 0 Å². The summed E-state index contributed by atoms with van der Waals surface area (Å²) in [6, 6.07) is 6.36. The van der Waals surface area contributed by atoms with Crippen LogP contribution in [-0.2, 0) is 6.42 Å². The fourth-order valence-electron chi connectivity index (χ4n) is 1.93. The highest BCUT2D eigenvalue weighted by Gasteiger charge is 2.12. The van der Waals surface area contributed by atoms with E-state index in [2.05, 4.69) is 32.0 Å². The van der Waals surface area contributed by atoms with Crippen molar-refractivity contribution in [1.82, 2.24) is 0 Å². The van der Waals surface area contributed by atoms with Crippen LogP contribution in [0.5, 0.6) is 5.75 Å². The Bertz CT molecular complexity index is 309. The highest BCUT2D eigenvalue weighted by Crippen LogP contribution is 2.31. The van der Waals surface area contributed by atoms with E-state index < -0.39 is 0 Å². The molecule has 0 spiro atoms. The number of methoxy groups -OCH3 is 1. The third-order valence-corrected chi connectivity index (χ3v) is 2.84. The van der Waals surface area contributed by atoms with Crippen LogP contribution in [0.25, 0.3) is 0 Å². The molecule has 0 heterocycles. The maximum absolute atomic E-state index is 5.59. The fraction of sp³-hybridized carbons (Fsp3) is 0.538. The van der Waals surface area contributed by atoms with Gasteiger partial charge in [0.05, 0.1) is 7.11 Å². The molecule has 0 aliphatic carbocycles. The van der Waals surface area contributed by atoms with E-state index in [0.717, 1.165) is 25.1 Å². The minimum atomic E-state index is 0.469. The minimum Gasteiger partial charge on any atom is -0.496 e. The fourth-order valence-corrected chi connectivity index (χ4v) is 1.93. The second kappa shape index (κ2) is 5.76. The first-order valence-electron chi connectivity index (χ1n) is 5.60. The molecule has 0 saturated heterocycles. The monoisotopic (exact) mass is 207 g/mol. The van der Waals surface area contributed by atoms with Gasteiger partial charge in [0.1, 0.15) is 5.75 Å². The lowest BCUT2D eigenvalue weighted by Crippen LogP contribution is -2.06. The molecule has 1 unspecified atom stereocenters. The van der Waals surface area contributed by atoms with E-state index in [0.29, 0.717) is 5.92 Å². The lowest BCUT2D eigenvalue weighted by atomic mass is 9.94. The number of hydrogen-bond acceptors (Lipinski definition) is 2. The zero-order valence-electron chi connectivity index (χ0n) is 9.92. The van der Waals surface area contributed by atoms with E-state index >= 15 is 0 Å². The predicted molar refractivity (Wildman–Crippen MR) is 64.5 cm³/mol. The number of hydrogen-bond donors (Lipinski definition) is 1. The van der Waals surface area contributed by atoms with E-state index in [1.165, 1.54) is 11.1 Å². The number of nitrogens with two attached hydrogens (primary N) is 1. The van der Waals surface area contributed by atoms with Crippen molar-refractivity contribution >= 4 is 0 Å². The summed E-state index contributed by atoms with van der Waals surface area (Å²) in [5.74, 6) is 1.51. The lowest BCUT2D eigenvalue weighted by Gasteiger charge is -2.17. The SMILES string of the molecule is CCc1cccc(C(C)CCN)c1OC. The molecular weight excluding hydrogens is 186 g/mol. The average Bonchev–Trinajstić information content (AvgIpc) is 2.28. The maximum Gasteiger partial charge on any atom is 0.125 e. The Labute approximate surface area is 92.4 Å². The van der Waals surface area contributed by atoms with Crippen molar-refractivity contribution in [1.29, 1.82) is 0 Å². The van der Waals surface area contributed by atoms with E-state index in [4.69, 9.17) is 10.5 Å². The molecule has 0 bridgehead atoms. The third kappa shape index (κ3) is 2.72. The highest BCUT2D eigenvalue weighted by molar-refractivity contribution is 5.43. The van der Waals surface area contributed by atoms with Crippen LogP contribution in [0.4, 0.5) is 0 Å². The molecule has 0 fully saturated rings. The molecule has 0 saturated carbocycles. The topological polar surface area (TPSA) is 35.2 Å². The Morgan fingerprint density at radius 2 is 2.13 bits per heavy atom. The van der Waals surface area contributed by atoms with Gasteiger partial charge in [0.2, 0.25) is 0 Å². The Balaban J connectivity index is 3.05. The molecule has 0 amide bonds. The van der Waals surface area contributed by atoms with Gasteiger partial charge in [-0.05, 0) is 36.4 Å². The molecule has 0 aromatic heterocycles. The molecule has 0 radical (unpaired) electrons. The maximum atomic E-state index is 5.59. The molecule has 2 N–H and O–H groups in total. The summed E-state index contributed by atoms with van der Waals surface area (Å²) in [7, 11) is 1.74. The zero-order valence-corrected chi connectivity index (χ0v) is 9.92. The lowest BCUT2D eigenvalue weighted by molar-refractivity contribution is 0.401. The van der Waals surface area contributed by atoms with E-state index in [1.54, 1.807) is 7.11 Å². The second-order valence-electron chi connectivity index (χ2n) is 3.87. The molecule has 0 aliphatic rings. The van der Waals surface area contributed by atoms with Crippen LogP contribution < -0.4 is 10.5 Å². The first-order chi connectivity index (χ1) is 7.24. The van der Waals surface area contributed by atoms with Crippen LogP contribution in [0.3, 0.4) is 0 Å². The number of rotatable bonds is 5. The van der Waals surface area contributed by atoms with Crippen LogP contribution in [0.15, 0.2) is 18.2 Å². The average molecular weight is 207 g/mol. The van der Waals surface area contributed by atoms with Crippen LogP contribution in [0.2, 0.25) is 0 Å². The summed E-state index contributed by atoms with van der Waals surface area (Å²) in [5, 5.41) is 0. The molecular formula is C13H21NO. The van der Waals surface area contributed by atoms with Crippen LogP contribution in [0, 0.1) is 0 Å². The molecule has 0 aliphatic heterocycles. The number of benzene rings is 1. The Morgan fingerprint density at radius 1 is 1.40 bits per heavy atom. The van der Waals surface area contributed by atoms with E-state index in [1.807, 2.05) is 0 Å². The molecule has 2 heteroatoms. The number of para-hydroxylation sites is 1. The number of aryl methyl sites for hydroxylation is 1. The van der Waals surface area contributed by atoms with E-state index in [-0.39, 0.29) is 0 Å². The van der Waals surface area contributed by atoms with Crippen molar-refractivity contribution in [2.45, 2.75) is 32.6 Å². The van der Waals surface area contributed by atoms with Crippen LogP contribution in [0.1, 0.15) is 37.3 Å². The highest BCUT2D eigenvalue weighted by atomic mass is 16.5. The molecule has 1 aromatic rings. The largest absolute Gasteiger partial charge is 0.496 e.